The minimum absolute atomic E-state index is 0.0701. The molecule has 136 valence electrons. The Morgan fingerprint density at radius 1 is 1.38 bits per heavy atom. The second kappa shape index (κ2) is 7.79. The summed E-state index contributed by atoms with van der Waals surface area (Å²) in [6, 6.07) is 10.9. The van der Waals surface area contributed by atoms with E-state index in [0.717, 1.165) is 5.56 Å². The fraction of sp³-hybridized carbons (Fsp3) is 0.444. The molecule has 2 aliphatic rings. The molecule has 2 aliphatic heterocycles. The lowest BCUT2D eigenvalue weighted by Crippen LogP contribution is -2.47. The molecule has 0 radical (unpaired) electrons. The Morgan fingerprint density at radius 3 is 2.88 bits per heavy atom. The quantitative estimate of drug-likeness (QED) is 0.593. The molecule has 2 fully saturated rings. The molecule has 26 heavy (non-hydrogen) atoms. The molecule has 1 aromatic rings. The number of esters is 1. The molecule has 8 heteroatoms. The molecule has 7 nitrogen and oxygen atoms in total. The van der Waals surface area contributed by atoms with Gasteiger partial charge in [0.15, 0.2) is 6.61 Å². The van der Waals surface area contributed by atoms with Crippen molar-refractivity contribution in [3.63, 3.8) is 0 Å². The van der Waals surface area contributed by atoms with E-state index in [2.05, 4.69) is 5.32 Å². The number of thioether (sulfide) groups is 1. The van der Waals surface area contributed by atoms with Gasteiger partial charge in [0.1, 0.15) is 10.9 Å². The molecule has 2 amide bonds. The normalized spacial score (nSPS) is 24.0. The lowest BCUT2D eigenvalue weighted by Gasteiger charge is -2.33. The van der Waals surface area contributed by atoms with Gasteiger partial charge < -0.3 is 15.0 Å². The topological polar surface area (TPSA) is 99.5 Å². The van der Waals surface area contributed by atoms with Crippen LogP contribution in [0.25, 0.3) is 0 Å². The van der Waals surface area contributed by atoms with E-state index in [0.29, 0.717) is 18.6 Å². The Bertz CT molecular complexity index is 749. The molecule has 0 bridgehead atoms. The van der Waals surface area contributed by atoms with Gasteiger partial charge in [-0.25, -0.2) is 4.79 Å². The summed E-state index contributed by atoms with van der Waals surface area (Å²) in [7, 11) is 0. The summed E-state index contributed by atoms with van der Waals surface area (Å²) in [5.41, 5.74) is 1.00. The van der Waals surface area contributed by atoms with Gasteiger partial charge in [0, 0.05) is 18.7 Å². The number of benzene rings is 1. The van der Waals surface area contributed by atoms with Gasteiger partial charge in [-0.3, -0.25) is 9.59 Å². The average molecular weight is 373 g/mol. The second-order valence-electron chi connectivity index (χ2n) is 6.11. The maximum absolute atomic E-state index is 12.5. The number of nitriles is 1. The second-order valence-corrected chi connectivity index (χ2v) is 7.40. The summed E-state index contributed by atoms with van der Waals surface area (Å²) in [5.74, 6) is -0.656. The van der Waals surface area contributed by atoms with Crippen LogP contribution in [0.5, 0.6) is 0 Å². The van der Waals surface area contributed by atoms with Crippen molar-refractivity contribution in [3.05, 3.63) is 35.9 Å². The highest BCUT2D eigenvalue weighted by molar-refractivity contribution is 8.00. The number of fused-ring (bicyclic) bond motifs is 1. The number of hydrogen-bond acceptors (Lipinski definition) is 6. The van der Waals surface area contributed by atoms with Crippen LogP contribution >= 0.6 is 11.8 Å². The van der Waals surface area contributed by atoms with E-state index in [9.17, 15) is 14.4 Å². The molecule has 0 saturated carbocycles. The highest BCUT2D eigenvalue weighted by Gasteiger charge is 2.57. The third-order valence-electron chi connectivity index (χ3n) is 4.53. The van der Waals surface area contributed by atoms with Crippen molar-refractivity contribution in [1.29, 1.82) is 5.26 Å². The van der Waals surface area contributed by atoms with Gasteiger partial charge in [0.05, 0.1) is 12.5 Å². The average Bonchev–Trinajstić information content (AvgIpc) is 3.20. The minimum Gasteiger partial charge on any atom is -0.454 e. The Labute approximate surface area is 155 Å². The first-order chi connectivity index (χ1) is 12.6. The zero-order valence-corrected chi connectivity index (χ0v) is 15.0. The Balaban J connectivity index is 1.66. The standard InChI is InChI=1S/C18H19N3O4S/c19-9-4-10-20-15(22)11-25-17(24)14-12-26-18(8-7-16(23)21(14)18)13-5-2-1-3-6-13/h1-3,5-6,14H,4,7-8,10-12H2,(H,20,22)/t14-,18-/m1/s1. The summed E-state index contributed by atoms with van der Waals surface area (Å²) in [4.78, 5) is 37.7. The number of ether oxygens (including phenoxy) is 1. The Kier molecular flexibility index (Phi) is 5.47. The van der Waals surface area contributed by atoms with Gasteiger partial charge in [-0.1, -0.05) is 30.3 Å². The number of nitrogens with one attached hydrogen (secondary N) is 1. The lowest BCUT2D eigenvalue weighted by atomic mass is 10.0. The Hall–Kier alpha value is -2.53. The van der Waals surface area contributed by atoms with Crippen LogP contribution in [0, 0.1) is 11.3 Å². The summed E-state index contributed by atoms with van der Waals surface area (Å²) in [5, 5.41) is 10.9. The van der Waals surface area contributed by atoms with E-state index in [-0.39, 0.29) is 18.9 Å². The predicted molar refractivity (Wildman–Crippen MR) is 94.6 cm³/mol. The van der Waals surface area contributed by atoms with Crippen molar-refractivity contribution in [2.45, 2.75) is 30.2 Å². The first-order valence-electron chi connectivity index (χ1n) is 8.40. The minimum atomic E-state index is -0.692. The molecule has 0 aromatic heterocycles. The number of carbonyl (C=O) groups excluding carboxylic acids is 3. The maximum atomic E-state index is 12.5. The number of rotatable bonds is 6. The summed E-state index contributed by atoms with van der Waals surface area (Å²) in [6.45, 7) is -0.195. The van der Waals surface area contributed by atoms with Gasteiger partial charge in [-0.2, -0.15) is 5.26 Å². The fourth-order valence-electron chi connectivity index (χ4n) is 3.36. The van der Waals surface area contributed by atoms with Gasteiger partial charge in [-0.05, 0) is 12.0 Å². The van der Waals surface area contributed by atoms with Crippen molar-refractivity contribution >= 4 is 29.5 Å². The first-order valence-corrected chi connectivity index (χ1v) is 9.39. The van der Waals surface area contributed by atoms with Crippen LogP contribution in [0.4, 0.5) is 0 Å². The number of hydrogen-bond donors (Lipinski definition) is 1. The van der Waals surface area contributed by atoms with E-state index in [4.69, 9.17) is 10.00 Å². The zero-order chi connectivity index (χ0) is 18.6. The van der Waals surface area contributed by atoms with Crippen molar-refractivity contribution in [1.82, 2.24) is 10.2 Å². The van der Waals surface area contributed by atoms with Gasteiger partial charge in [0.25, 0.3) is 5.91 Å². The van der Waals surface area contributed by atoms with Crippen LogP contribution in [-0.2, 0) is 24.0 Å². The fourth-order valence-corrected chi connectivity index (χ4v) is 4.99. The SMILES string of the molecule is N#CCCNC(=O)COC(=O)[C@H]1CS[C@@]2(c3ccccc3)CCC(=O)N12. The highest BCUT2D eigenvalue weighted by atomic mass is 32.2. The summed E-state index contributed by atoms with van der Waals surface area (Å²) >= 11 is 1.57. The molecule has 0 unspecified atom stereocenters. The molecule has 1 N–H and O–H groups in total. The molecule has 2 heterocycles. The molecule has 0 aliphatic carbocycles. The molecule has 0 spiro atoms. The molecule has 2 saturated heterocycles. The van der Waals surface area contributed by atoms with Gasteiger partial charge in [0.2, 0.25) is 5.91 Å². The Morgan fingerprint density at radius 2 is 2.15 bits per heavy atom. The number of nitrogens with zero attached hydrogens (tertiary/aromatic N) is 2. The van der Waals surface area contributed by atoms with Gasteiger partial charge in [-0.15, -0.1) is 11.8 Å². The lowest BCUT2D eigenvalue weighted by molar-refractivity contribution is -0.156. The van der Waals surface area contributed by atoms with Crippen molar-refractivity contribution in [2.75, 3.05) is 18.9 Å². The third-order valence-corrected chi connectivity index (χ3v) is 6.13. The molecule has 2 atom stereocenters. The molecular weight excluding hydrogens is 354 g/mol. The monoisotopic (exact) mass is 373 g/mol. The van der Waals surface area contributed by atoms with Crippen molar-refractivity contribution < 1.29 is 19.1 Å². The first kappa shape index (κ1) is 18.3. The van der Waals surface area contributed by atoms with Crippen molar-refractivity contribution in [2.24, 2.45) is 0 Å². The van der Waals surface area contributed by atoms with E-state index in [1.807, 2.05) is 36.4 Å². The van der Waals surface area contributed by atoms with Crippen LogP contribution < -0.4 is 5.32 Å². The van der Waals surface area contributed by atoms with Crippen LogP contribution in [0.2, 0.25) is 0 Å². The molecule has 3 rings (SSSR count). The van der Waals surface area contributed by atoms with E-state index in [1.54, 1.807) is 16.7 Å². The van der Waals surface area contributed by atoms with Gasteiger partial charge >= 0.3 is 5.97 Å². The van der Waals surface area contributed by atoms with Crippen LogP contribution in [-0.4, -0.2) is 47.6 Å². The van der Waals surface area contributed by atoms with E-state index < -0.39 is 29.4 Å². The largest absolute Gasteiger partial charge is 0.454 e. The smallest absolute Gasteiger partial charge is 0.330 e. The van der Waals surface area contributed by atoms with E-state index >= 15 is 0 Å². The van der Waals surface area contributed by atoms with E-state index in [1.165, 1.54) is 0 Å². The summed E-state index contributed by atoms with van der Waals surface area (Å²) < 4.78 is 5.11. The number of amides is 2. The maximum Gasteiger partial charge on any atom is 0.330 e. The molecular formula is C18H19N3O4S. The predicted octanol–water partition coefficient (Wildman–Crippen LogP) is 1.15. The van der Waals surface area contributed by atoms with Crippen LogP contribution in [0.1, 0.15) is 24.8 Å². The molecule has 1 aromatic carbocycles. The third kappa shape index (κ3) is 3.40. The van der Waals surface area contributed by atoms with Crippen LogP contribution in [0.15, 0.2) is 30.3 Å². The zero-order valence-electron chi connectivity index (χ0n) is 14.1. The highest BCUT2D eigenvalue weighted by Crippen LogP contribution is 2.54. The summed E-state index contributed by atoms with van der Waals surface area (Å²) in [6.07, 6.45) is 1.24. The van der Waals surface area contributed by atoms with Crippen molar-refractivity contribution in [3.8, 4) is 6.07 Å². The number of carbonyl (C=O) groups is 3. The van der Waals surface area contributed by atoms with Crippen LogP contribution in [0.3, 0.4) is 0 Å².